The third-order valence-corrected chi connectivity index (χ3v) is 8.85. The highest BCUT2D eigenvalue weighted by molar-refractivity contribution is 5.82. The molecule has 1 saturated heterocycles. The highest BCUT2D eigenvalue weighted by atomic mass is 19.4. The Labute approximate surface area is 289 Å². The molecule has 0 unspecified atom stereocenters. The minimum absolute atomic E-state index is 0.0142. The number of rotatable bonds is 13. The van der Waals surface area contributed by atoms with Crippen LogP contribution in [0.25, 0.3) is 11.1 Å². The topological polar surface area (TPSA) is 93.5 Å². The number of carbonyl (C=O) groups excluding carboxylic acids is 2. The molecule has 1 fully saturated rings. The zero-order chi connectivity index (χ0) is 37.1. The molecule has 2 atom stereocenters. The molecule has 50 heavy (non-hydrogen) atoms. The maximum atomic E-state index is 16.0. The number of nitrogens with one attached hydrogen (secondary N) is 1. The van der Waals surface area contributed by atoms with Crippen molar-refractivity contribution in [1.29, 1.82) is 0 Å². The monoisotopic (exact) mass is 704 g/mol. The summed E-state index contributed by atoms with van der Waals surface area (Å²) < 4.78 is 78.2. The van der Waals surface area contributed by atoms with Gasteiger partial charge in [-0.15, -0.1) is 0 Å². The molecule has 13 heteroatoms. The molecular formula is C37H45F5N4O4. The Kier molecular flexibility index (Phi) is 11.9. The normalized spacial score (nSPS) is 15.8. The molecule has 0 spiro atoms. The number of hydrogen-bond donors (Lipinski definition) is 1. The van der Waals surface area contributed by atoms with E-state index in [4.69, 9.17) is 4.74 Å². The zero-order valence-electron chi connectivity index (χ0n) is 29.5. The number of aryl methyl sites for hydroxylation is 3. The molecule has 0 bridgehead atoms. The van der Waals surface area contributed by atoms with Gasteiger partial charge in [0.15, 0.2) is 5.69 Å². The first-order chi connectivity index (χ1) is 23.3. The van der Waals surface area contributed by atoms with Gasteiger partial charge < -0.3 is 10.1 Å². The second kappa shape index (κ2) is 15.4. The van der Waals surface area contributed by atoms with Gasteiger partial charge in [0.1, 0.15) is 17.5 Å². The maximum Gasteiger partial charge on any atom is 0.433 e. The van der Waals surface area contributed by atoms with E-state index in [1.54, 1.807) is 44.7 Å². The molecule has 1 amide bonds. The summed E-state index contributed by atoms with van der Waals surface area (Å²) in [5, 5.41) is 2.73. The van der Waals surface area contributed by atoms with E-state index in [0.717, 1.165) is 27.5 Å². The van der Waals surface area contributed by atoms with Gasteiger partial charge in [0.05, 0.1) is 19.1 Å². The van der Waals surface area contributed by atoms with Gasteiger partial charge in [-0.1, -0.05) is 32.0 Å². The highest BCUT2D eigenvalue weighted by Gasteiger charge is 2.40. The first kappa shape index (κ1) is 38.7. The van der Waals surface area contributed by atoms with Gasteiger partial charge in [0, 0.05) is 37.0 Å². The number of hydrogen-bond acceptors (Lipinski definition) is 6. The van der Waals surface area contributed by atoms with E-state index >= 15 is 4.39 Å². The lowest BCUT2D eigenvalue weighted by Gasteiger charge is -2.42. The molecule has 1 aliphatic rings. The maximum absolute atomic E-state index is 16.0. The van der Waals surface area contributed by atoms with Crippen LogP contribution in [0, 0.1) is 32.5 Å². The van der Waals surface area contributed by atoms with Crippen molar-refractivity contribution in [2.24, 2.45) is 5.92 Å². The molecule has 2 aromatic carbocycles. The van der Waals surface area contributed by atoms with Crippen LogP contribution < -0.4 is 11.0 Å². The molecule has 8 nitrogen and oxygen atoms in total. The Balaban J connectivity index is 1.77. The van der Waals surface area contributed by atoms with Gasteiger partial charge in [0.25, 0.3) is 0 Å². The number of aromatic nitrogens is 2. The molecule has 3 aromatic rings. The van der Waals surface area contributed by atoms with Crippen LogP contribution in [0.2, 0.25) is 0 Å². The van der Waals surface area contributed by atoms with Crippen LogP contribution in [0.4, 0.5) is 22.0 Å². The number of alkyl halides is 4. The van der Waals surface area contributed by atoms with E-state index in [0.29, 0.717) is 5.56 Å². The summed E-state index contributed by atoms with van der Waals surface area (Å²) in [6, 6.07) is 6.38. The first-order valence-corrected chi connectivity index (χ1v) is 16.7. The predicted molar refractivity (Wildman–Crippen MR) is 180 cm³/mol. The lowest BCUT2D eigenvalue weighted by Crippen LogP contribution is -2.57. The third-order valence-electron chi connectivity index (χ3n) is 8.85. The molecule has 272 valence electrons. The number of benzene rings is 2. The Morgan fingerprint density at radius 2 is 1.72 bits per heavy atom. The summed E-state index contributed by atoms with van der Waals surface area (Å²) in [6.45, 7) is 12.2. The van der Waals surface area contributed by atoms with Crippen LogP contribution in [0.15, 0.2) is 41.3 Å². The fourth-order valence-electron chi connectivity index (χ4n) is 6.64. The summed E-state index contributed by atoms with van der Waals surface area (Å²) >= 11 is 0. The van der Waals surface area contributed by atoms with Crippen LogP contribution in [0.5, 0.6) is 0 Å². The Morgan fingerprint density at radius 1 is 1.08 bits per heavy atom. The largest absolute Gasteiger partial charge is 0.466 e. The fraction of sp³-hybridized carbons (Fsp3) is 0.514. The average molecular weight is 705 g/mol. The van der Waals surface area contributed by atoms with Gasteiger partial charge in [-0.05, 0) is 93.3 Å². The number of likely N-dealkylation sites (tertiary alicyclic amines) is 1. The molecule has 1 aliphatic heterocycles. The van der Waals surface area contributed by atoms with Crippen LogP contribution in [0.3, 0.4) is 0 Å². The number of nitrogens with zero attached hydrogens (tertiary/aromatic N) is 3. The fourth-order valence-corrected chi connectivity index (χ4v) is 6.64. The Morgan fingerprint density at radius 3 is 2.28 bits per heavy atom. The number of amides is 1. The zero-order valence-corrected chi connectivity index (χ0v) is 29.5. The summed E-state index contributed by atoms with van der Waals surface area (Å²) in [5.74, 6) is -2.39. The van der Waals surface area contributed by atoms with Crippen LogP contribution in [0.1, 0.15) is 86.1 Å². The molecular weight excluding hydrogens is 659 g/mol. The number of ether oxygens (including phenoxy) is 1. The number of esters is 1. The van der Waals surface area contributed by atoms with E-state index in [9.17, 15) is 31.9 Å². The smallest absolute Gasteiger partial charge is 0.433 e. The Hall–Kier alpha value is -4.13. The molecule has 1 N–H and O–H groups in total. The molecule has 0 radical (unpaired) electrons. The van der Waals surface area contributed by atoms with Crippen molar-refractivity contribution >= 4 is 11.9 Å². The summed E-state index contributed by atoms with van der Waals surface area (Å²) in [5.41, 5.74) is -0.733. The molecule has 1 aromatic heterocycles. The van der Waals surface area contributed by atoms with Crippen molar-refractivity contribution in [3.8, 4) is 11.1 Å². The van der Waals surface area contributed by atoms with E-state index in [2.05, 4.69) is 10.3 Å². The minimum Gasteiger partial charge on any atom is -0.466 e. The molecule has 2 heterocycles. The van der Waals surface area contributed by atoms with E-state index < -0.39 is 59.4 Å². The predicted octanol–water partition coefficient (Wildman–Crippen LogP) is 6.98. The van der Waals surface area contributed by atoms with Gasteiger partial charge >= 0.3 is 17.8 Å². The SMILES string of the molecule is CCOC(=O)C[C@H](NC(=O)[C@H](CC(C)C)n1cc(CCN2CC(C)(F)C2)c(C(F)(F)F)nc1=O)c1cc(-c2c(C)cccc2C)cc(C)c1F. The van der Waals surface area contributed by atoms with E-state index in [1.807, 2.05) is 32.0 Å². The van der Waals surface area contributed by atoms with Crippen molar-refractivity contribution in [2.75, 3.05) is 26.2 Å². The van der Waals surface area contributed by atoms with E-state index in [-0.39, 0.29) is 61.7 Å². The third kappa shape index (κ3) is 9.15. The van der Waals surface area contributed by atoms with Gasteiger partial charge in [0.2, 0.25) is 5.91 Å². The van der Waals surface area contributed by atoms with Gasteiger partial charge in [-0.2, -0.15) is 18.2 Å². The quantitative estimate of drug-likeness (QED) is 0.153. The summed E-state index contributed by atoms with van der Waals surface area (Å²) in [4.78, 5) is 45.2. The molecule has 0 saturated carbocycles. The van der Waals surface area contributed by atoms with Crippen molar-refractivity contribution in [3.05, 3.63) is 86.3 Å². The summed E-state index contributed by atoms with van der Waals surface area (Å²) in [7, 11) is 0. The highest BCUT2D eigenvalue weighted by Crippen LogP contribution is 2.35. The average Bonchev–Trinajstić information content (AvgIpc) is 2.98. The van der Waals surface area contributed by atoms with Crippen LogP contribution in [-0.2, 0) is 26.9 Å². The Bertz CT molecular complexity index is 1760. The van der Waals surface area contributed by atoms with Crippen molar-refractivity contribution in [2.45, 2.75) is 91.7 Å². The van der Waals surface area contributed by atoms with Crippen molar-refractivity contribution in [3.63, 3.8) is 0 Å². The summed E-state index contributed by atoms with van der Waals surface area (Å²) in [6.07, 6.45) is -4.59. The minimum atomic E-state index is -4.95. The lowest BCUT2D eigenvalue weighted by atomic mass is 9.90. The second-order valence-electron chi connectivity index (χ2n) is 13.9. The first-order valence-electron chi connectivity index (χ1n) is 16.7. The molecule has 4 rings (SSSR count). The van der Waals surface area contributed by atoms with Crippen molar-refractivity contribution < 1.29 is 36.3 Å². The van der Waals surface area contributed by atoms with Crippen LogP contribution >= 0.6 is 0 Å². The van der Waals surface area contributed by atoms with Crippen molar-refractivity contribution in [1.82, 2.24) is 19.8 Å². The second-order valence-corrected chi connectivity index (χ2v) is 13.9. The number of halogens is 5. The van der Waals surface area contributed by atoms with Crippen LogP contribution in [-0.4, -0.2) is 58.2 Å². The van der Waals surface area contributed by atoms with E-state index in [1.165, 1.54) is 6.92 Å². The van der Waals surface area contributed by atoms with Gasteiger partial charge in [-0.3, -0.25) is 19.1 Å². The standard InChI is InChI=1S/C37H45F5N4O4/c1-8-50-30(47)17-28(27-16-26(15-24(6)32(27)38)31-22(4)10-9-11-23(31)5)43-34(48)29(14-21(2)3)46-18-25(12-13-45-19-36(7,39)20-45)33(37(40,41)42)44-35(46)49/h9-11,15-16,18,21,28-29H,8,12-14,17,19-20H2,1-7H3,(H,43,48)/t28-,29-/m0/s1. The molecule has 0 aliphatic carbocycles. The number of carbonyl (C=O) groups is 2. The van der Waals surface area contributed by atoms with Gasteiger partial charge in [-0.25, -0.2) is 13.6 Å². The lowest BCUT2D eigenvalue weighted by molar-refractivity contribution is -0.144.